The Morgan fingerprint density at radius 2 is 1.70 bits per heavy atom. The van der Waals surface area contributed by atoms with Crippen molar-refractivity contribution in [2.24, 2.45) is 5.73 Å². The fourth-order valence-electron chi connectivity index (χ4n) is 2.09. The van der Waals surface area contributed by atoms with E-state index < -0.39 is 0 Å². The minimum atomic E-state index is -0.226. The Labute approximate surface area is 125 Å². The minimum Gasteiger partial charge on any atom is -0.491 e. The molecule has 2 aromatic carbocycles. The van der Waals surface area contributed by atoms with Crippen LogP contribution in [0, 0.1) is 6.92 Å². The Morgan fingerprint density at radius 3 is 2.25 bits per heavy atom. The lowest BCUT2D eigenvalue weighted by Crippen LogP contribution is -2.12. The third kappa shape index (κ3) is 3.53. The average Bonchev–Trinajstić information content (AvgIpc) is 2.38. The van der Waals surface area contributed by atoms with E-state index >= 15 is 0 Å². The molecule has 0 radical (unpaired) electrons. The second-order valence-corrected chi connectivity index (χ2v) is 5.65. The number of benzene rings is 2. The number of hydrogen-bond acceptors (Lipinski definition) is 2. The van der Waals surface area contributed by atoms with Gasteiger partial charge in [-0.3, -0.25) is 0 Å². The van der Waals surface area contributed by atoms with Crippen molar-refractivity contribution < 1.29 is 4.74 Å². The summed E-state index contributed by atoms with van der Waals surface area (Å²) in [6.45, 7) is 6.02. The smallest absolute Gasteiger partial charge is 0.119 e. The van der Waals surface area contributed by atoms with E-state index in [9.17, 15) is 0 Å². The predicted molar refractivity (Wildman–Crippen MR) is 84.4 cm³/mol. The van der Waals surface area contributed by atoms with Crippen LogP contribution in [0.5, 0.6) is 5.75 Å². The van der Waals surface area contributed by atoms with Crippen LogP contribution in [-0.4, -0.2) is 6.10 Å². The lowest BCUT2D eigenvalue weighted by atomic mass is 9.98. The summed E-state index contributed by atoms with van der Waals surface area (Å²) in [4.78, 5) is 0. The van der Waals surface area contributed by atoms with Gasteiger partial charge in [-0.05, 0) is 55.7 Å². The predicted octanol–water partition coefficient (Wildman–Crippen LogP) is 4.48. The zero-order valence-corrected chi connectivity index (χ0v) is 12.8. The molecule has 0 saturated carbocycles. The molecule has 2 aromatic rings. The van der Waals surface area contributed by atoms with E-state index in [4.69, 9.17) is 22.1 Å². The number of hydrogen-bond donors (Lipinski definition) is 1. The molecule has 2 N–H and O–H groups in total. The van der Waals surface area contributed by atoms with E-state index in [1.54, 1.807) is 0 Å². The van der Waals surface area contributed by atoms with Gasteiger partial charge in [0, 0.05) is 5.02 Å². The molecule has 0 aliphatic rings. The topological polar surface area (TPSA) is 35.2 Å². The van der Waals surface area contributed by atoms with Gasteiger partial charge in [0.1, 0.15) is 5.75 Å². The lowest BCUT2D eigenvalue weighted by molar-refractivity contribution is 0.242. The van der Waals surface area contributed by atoms with Crippen LogP contribution in [0.2, 0.25) is 5.02 Å². The van der Waals surface area contributed by atoms with Gasteiger partial charge in [0.05, 0.1) is 12.1 Å². The molecule has 0 amide bonds. The Bertz CT molecular complexity index is 578. The Morgan fingerprint density at radius 1 is 1.05 bits per heavy atom. The fourth-order valence-corrected chi connectivity index (χ4v) is 2.44. The molecule has 0 bridgehead atoms. The molecular weight excluding hydrogens is 270 g/mol. The van der Waals surface area contributed by atoms with Crippen molar-refractivity contribution >= 4 is 11.6 Å². The summed E-state index contributed by atoms with van der Waals surface area (Å²) in [5, 5.41) is 0.708. The van der Waals surface area contributed by atoms with Crippen molar-refractivity contribution in [1.82, 2.24) is 0 Å². The molecule has 0 heterocycles. The van der Waals surface area contributed by atoms with Gasteiger partial charge in [0.15, 0.2) is 0 Å². The molecule has 0 aromatic heterocycles. The lowest BCUT2D eigenvalue weighted by Gasteiger charge is -2.16. The van der Waals surface area contributed by atoms with Crippen molar-refractivity contribution in [3.8, 4) is 5.75 Å². The van der Waals surface area contributed by atoms with E-state index in [-0.39, 0.29) is 12.1 Å². The average molecular weight is 290 g/mol. The van der Waals surface area contributed by atoms with Crippen molar-refractivity contribution in [2.45, 2.75) is 32.9 Å². The van der Waals surface area contributed by atoms with Crippen molar-refractivity contribution in [2.75, 3.05) is 0 Å². The monoisotopic (exact) mass is 289 g/mol. The maximum Gasteiger partial charge on any atom is 0.119 e. The largest absolute Gasteiger partial charge is 0.491 e. The van der Waals surface area contributed by atoms with Crippen LogP contribution in [0.1, 0.15) is 36.6 Å². The van der Waals surface area contributed by atoms with E-state index in [0.717, 1.165) is 22.4 Å². The highest BCUT2D eigenvalue weighted by molar-refractivity contribution is 6.31. The zero-order chi connectivity index (χ0) is 14.7. The van der Waals surface area contributed by atoms with Gasteiger partial charge in [-0.2, -0.15) is 0 Å². The van der Waals surface area contributed by atoms with Gasteiger partial charge in [0.2, 0.25) is 0 Å². The third-order valence-corrected chi connectivity index (χ3v) is 3.43. The Hall–Kier alpha value is -1.51. The van der Waals surface area contributed by atoms with E-state index in [2.05, 4.69) is 0 Å². The van der Waals surface area contributed by atoms with E-state index in [1.165, 1.54) is 0 Å². The van der Waals surface area contributed by atoms with Crippen molar-refractivity contribution in [3.05, 3.63) is 64.2 Å². The van der Waals surface area contributed by atoms with Gasteiger partial charge in [0.25, 0.3) is 0 Å². The normalized spacial score (nSPS) is 12.5. The maximum absolute atomic E-state index is 6.29. The van der Waals surface area contributed by atoms with Gasteiger partial charge in [-0.1, -0.05) is 35.9 Å². The molecule has 2 nitrogen and oxygen atoms in total. The first-order chi connectivity index (χ1) is 9.47. The SMILES string of the molecule is Cc1ccc(C(N)c2ccc(OC(C)C)cc2)c(Cl)c1. The minimum absolute atomic E-state index is 0.168. The summed E-state index contributed by atoms with van der Waals surface area (Å²) in [6.07, 6.45) is 0.168. The second kappa shape index (κ2) is 6.29. The van der Waals surface area contributed by atoms with Gasteiger partial charge in [-0.25, -0.2) is 0 Å². The van der Waals surface area contributed by atoms with Crippen LogP contribution in [0.25, 0.3) is 0 Å². The molecule has 1 atom stereocenters. The van der Waals surface area contributed by atoms with Crippen LogP contribution < -0.4 is 10.5 Å². The van der Waals surface area contributed by atoms with E-state index in [0.29, 0.717) is 5.02 Å². The maximum atomic E-state index is 6.29. The molecule has 0 fully saturated rings. The van der Waals surface area contributed by atoms with Crippen LogP contribution in [-0.2, 0) is 0 Å². The zero-order valence-electron chi connectivity index (χ0n) is 12.1. The highest BCUT2D eigenvalue weighted by atomic mass is 35.5. The number of halogens is 1. The first kappa shape index (κ1) is 14.9. The van der Waals surface area contributed by atoms with Gasteiger partial charge < -0.3 is 10.5 Å². The number of aryl methyl sites for hydroxylation is 1. The number of nitrogens with two attached hydrogens (primary N) is 1. The number of rotatable bonds is 4. The molecule has 1 unspecified atom stereocenters. The molecule has 2 rings (SSSR count). The first-order valence-corrected chi connectivity index (χ1v) is 7.13. The van der Waals surface area contributed by atoms with Crippen LogP contribution >= 0.6 is 11.6 Å². The van der Waals surface area contributed by atoms with E-state index in [1.807, 2.05) is 63.2 Å². The molecule has 0 saturated heterocycles. The highest BCUT2D eigenvalue weighted by Crippen LogP contribution is 2.28. The molecule has 0 aliphatic carbocycles. The summed E-state index contributed by atoms with van der Waals surface area (Å²) in [7, 11) is 0. The Kier molecular flexibility index (Phi) is 4.69. The quantitative estimate of drug-likeness (QED) is 0.900. The van der Waals surface area contributed by atoms with Crippen LogP contribution in [0.15, 0.2) is 42.5 Å². The first-order valence-electron chi connectivity index (χ1n) is 6.75. The number of ether oxygens (including phenoxy) is 1. The summed E-state index contributed by atoms with van der Waals surface area (Å²) < 4.78 is 5.63. The van der Waals surface area contributed by atoms with Crippen LogP contribution in [0.4, 0.5) is 0 Å². The molecule has 106 valence electrons. The molecule has 3 heteroatoms. The summed E-state index contributed by atoms with van der Waals surface area (Å²) in [6, 6.07) is 13.6. The molecule has 20 heavy (non-hydrogen) atoms. The standard InChI is InChI=1S/C17H20ClNO/c1-11(2)20-14-7-5-13(6-8-14)17(19)15-9-4-12(3)10-16(15)18/h4-11,17H,19H2,1-3H3. The molecular formula is C17H20ClNO. The highest BCUT2D eigenvalue weighted by Gasteiger charge is 2.12. The van der Waals surface area contributed by atoms with Crippen LogP contribution in [0.3, 0.4) is 0 Å². The summed E-state index contributed by atoms with van der Waals surface area (Å²) in [5.74, 6) is 0.853. The molecule has 0 aliphatic heterocycles. The second-order valence-electron chi connectivity index (χ2n) is 5.24. The Balaban J connectivity index is 2.22. The molecule has 0 spiro atoms. The van der Waals surface area contributed by atoms with Crippen molar-refractivity contribution in [1.29, 1.82) is 0 Å². The van der Waals surface area contributed by atoms with Gasteiger partial charge >= 0.3 is 0 Å². The summed E-state index contributed by atoms with van der Waals surface area (Å²) in [5.41, 5.74) is 9.38. The third-order valence-electron chi connectivity index (χ3n) is 3.10. The summed E-state index contributed by atoms with van der Waals surface area (Å²) >= 11 is 6.27. The van der Waals surface area contributed by atoms with Gasteiger partial charge in [-0.15, -0.1) is 0 Å². The van der Waals surface area contributed by atoms with Crippen molar-refractivity contribution in [3.63, 3.8) is 0 Å². The fraction of sp³-hybridized carbons (Fsp3) is 0.294.